The van der Waals surface area contributed by atoms with Crippen LogP contribution in [-0.2, 0) is 4.74 Å². The first-order valence-electron chi connectivity index (χ1n) is 6.91. The summed E-state index contributed by atoms with van der Waals surface area (Å²) in [5.41, 5.74) is 1.08. The highest BCUT2D eigenvalue weighted by Crippen LogP contribution is 2.25. The van der Waals surface area contributed by atoms with Crippen molar-refractivity contribution in [2.45, 2.75) is 0 Å². The molecular formula is C17H19NO4. The van der Waals surface area contributed by atoms with Crippen LogP contribution in [0.15, 0.2) is 48.5 Å². The number of nitrogens with one attached hydrogen (secondary N) is 1. The zero-order valence-electron chi connectivity index (χ0n) is 12.7. The fourth-order valence-corrected chi connectivity index (χ4v) is 1.95. The molecule has 22 heavy (non-hydrogen) atoms. The zero-order valence-corrected chi connectivity index (χ0v) is 12.7. The summed E-state index contributed by atoms with van der Waals surface area (Å²) in [5.74, 6) is 0.873. The van der Waals surface area contributed by atoms with Gasteiger partial charge in [0.15, 0.2) is 0 Å². The van der Waals surface area contributed by atoms with E-state index in [2.05, 4.69) is 5.32 Å². The summed E-state index contributed by atoms with van der Waals surface area (Å²) in [4.78, 5) is 12.5. The Balaban J connectivity index is 2.15. The lowest BCUT2D eigenvalue weighted by atomic mass is 10.2. The molecule has 0 aliphatic carbocycles. The molecule has 5 heteroatoms. The topological polar surface area (TPSA) is 56.8 Å². The SMILES string of the molecule is COCCOc1ccccc1C(=O)Nc1ccccc1OC. The number of benzene rings is 2. The number of para-hydroxylation sites is 3. The molecule has 0 bridgehead atoms. The third kappa shape index (κ3) is 3.99. The number of carbonyl (C=O) groups is 1. The Morgan fingerprint density at radius 3 is 2.36 bits per heavy atom. The summed E-state index contributed by atoms with van der Waals surface area (Å²) in [5, 5.41) is 2.83. The van der Waals surface area contributed by atoms with Crippen molar-refractivity contribution < 1.29 is 19.0 Å². The Morgan fingerprint density at radius 2 is 1.64 bits per heavy atom. The molecular weight excluding hydrogens is 282 g/mol. The molecule has 0 aliphatic rings. The van der Waals surface area contributed by atoms with Gasteiger partial charge in [0.2, 0.25) is 0 Å². The van der Waals surface area contributed by atoms with Gasteiger partial charge in [-0.25, -0.2) is 0 Å². The minimum Gasteiger partial charge on any atom is -0.495 e. The summed E-state index contributed by atoms with van der Waals surface area (Å²) < 4.78 is 15.8. The Kier molecular flexibility index (Phi) is 5.80. The maximum atomic E-state index is 12.5. The first kappa shape index (κ1) is 15.9. The molecule has 5 nitrogen and oxygen atoms in total. The van der Waals surface area contributed by atoms with Gasteiger partial charge in [0.25, 0.3) is 5.91 Å². The second-order valence-electron chi connectivity index (χ2n) is 4.49. The quantitative estimate of drug-likeness (QED) is 0.799. The molecule has 0 atom stereocenters. The van der Waals surface area contributed by atoms with Crippen LogP contribution in [-0.4, -0.2) is 33.3 Å². The third-order valence-corrected chi connectivity index (χ3v) is 3.03. The second kappa shape index (κ2) is 8.05. The molecule has 0 unspecified atom stereocenters. The summed E-state index contributed by atoms with van der Waals surface area (Å²) >= 11 is 0. The molecule has 0 aliphatic heterocycles. The predicted molar refractivity (Wildman–Crippen MR) is 84.8 cm³/mol. The second-order valence-corrected chi connectivity index (χ2v) is 4.49. The van der Waals surface area contributed by atoms with Gasteiger partial charge in [0.1, 0.15) is 18.1 Å². The van der Waals surface area contributed by atoms with Gasteiger partial charge in [0, 0.05) is 7.11 Å². The van der Waals surface area contributed by atoms with E-state index in [0.717, 1.165) is 0 Å². The number of carbonyl (C=O) groups excluding carboxylic acids is 1. The van der Waals surface area contributed by atoms with Crippen molar-refractivity contribution in [1.29, 1.82) is 0 Å². The average Bonchev–Trinajstić information content (AvgIpc) is 2.56. The molecule has 1 amide bonds. The smallest absolute Gasteiger partial charge is 0.259 e. The van der Waals surface area contributed by atoms with Crippen LogP contribution < -0.4 is 14.8 Å². The van der Waals surface area contributed by atoms with E-state index in [1.165, 1.54) is 0 Å². The first-order valence-corrected chi connectivity index (χ1v) is 6.91. The Labute approximate surface area is 129 Å². The van der Waals surface area contributed by atoms with Gasteiger partial charge in [-0.05, 0) is 24.3 Å². The van der Waals surface area contributed by atoms with Gasteiger partial charge in [0.05, 0.1) is 25.0 Å². The van der Waals surface area contributed by atoms with E-state index < -0.39 is 0 Å². The molecule has 0 fully saturated rings. The summed E-state index contributed by atoms with van der Waals surface area (Å²) in [6.45, 7) is 0.845. The highest BCUT2D eigenvalue weighted by molar-refractivity contribution is 6.06. The van der Waals surface area contributed by atoms with Gasteiger partial charge in [-0.1, -0.05) is 24.3 Å². The normalized spacial score (nSPS) is 10.1. The first-order chi connectivity index (χ1) is 10.8. The molecule has 0 heterocycles. The van der Waals surface area contributed by atoms with E-state index in [9.17, 15) is 4.79 Å². The summed E-state index contributed by atoms with van der Waals surface area (Å²) in [6, 6.07) is 14.3. The maximum absolute atomic E-state index is 12.5. The number of rotatable bonds is 7. The Morgan fingerprint density at radius 1 is 0.955 bits per heavy atom. The van der Waals surface area contributed by atoms with Gasteiger partial charge in [-0.3, -0.25) is 4.79 Å². The molecule has 116 valence electrons. The number of hydrogen-bond acceptors (Lipinski definition) is 4. The average molecular weight is 301 g/mol. The molecule has 0 radical (unpaired) electrons. The minimum absolute atomic E-state index is 0.252. The molecule has 2 rings (SSSR count). The lowest BCUT2D eigenvalue weighted by Crippen LogP contribution is -2.15. The van der Waals surface area contributed by atoms with E-state index in [-0.39, 0.29) is 5.91 Å². The Hall–Kier alpha value is -2.53. The van der Waals surface area contributed by atoms with E-state index in [1.807, 2.05) is 18.2 Å². The number of ether oxygens (including phenoxy) is 3. The highest BCUT2D eigenvalue weighted by atomic mass is 16.5. The summed E-state index contributed by atoms with van der Waals surface area (Å²) in [7, 11) is 3.16. The van der Waals surface area contributed by atoms with Crippen molar-refractivity contribution in [3.63, 3.8) is 0 Å². The highest BCUT2D eigenvalue weighted by Gasteiger charge is 2.14. The van der Waals surface area contributed by atoms with Crippen LogP contribution in [0.25, 0.3) is 0 Å². The van der Waals surface area contributed by atoms with E-state index in [1.54, 1.807) is 44.6 Å². The van der Waals surface area contributed by atoms with Crippen molar-refractivity contribution in [1.82, 2.24) is 0 Å². The van der Waals surface area contributed by atoms with Gasteiger partial charge >= 0.3 is 0 Å². The van der Waals surface area contributed by atoms with E-state index in [0.29, 0.717) is 36.0 Å². The molecule has 0 spiro atoms. The van der Waals surface area contributed by atoms with Crippen molar-refractivity contribution in [3.05, 3.63) is 54.1 Å². The standard InChI is InChI=1S/C17H19NO4/c1-20-11-12-22-15-9-5-3-7-13(15)17(19)18-14-8-4-6-10-16(14)21-2/h3-10H,11-12H2,1-2H3,(H,18,19). The minimum atomic E-state index is -0.252. The fourth-order valence-electron chi connectivity index (χ4n) is 1.95. The predicted octanol–water partition coefficient (Wildman–Crippen LogP) is 2.97. The monoisotopic (exact) mass is 301 g/mol. The Bertz CT molecular complexity index is 628. The number of methoxy groups -OCH3 is 2. The van der Waals surface area contributed by atoms with Gasteiger partial charge in [-0.15, -0.1) is 0 Å². The largest absolute Gasteiger partial charge is 0.495 e. The van der Waals surface area contributed by atoms with Gasteiger partial charge in [-0.2, -0.15) is 0 Å². The van der Waals surface area contributed by atoms with Crippen molar-refractivity contribution in [3.8, 4) is 11.5 Å². The number of anilines is 1. The zero-order chi connectivity index (χ0) is 15.8. The molecule has 2 aromatic carbocycles. The van der Waals surface area contributed by atoms with Crippen molar-refractivity contribution in [2.24, 2.45) is 0 Å². The van der Waals surface area contributed by atoms with Crippen LogP contribution in [0.5, 0.6) is 11.5 Å². The van der Waals surface area contributed by atoms with E-state index in [4.69, 9.17) is 14.2 Å². The maximum Gasteiger partial charge on any atom is 0.259 e. The van der Waals surface area contributed by atoms with Crippen molar-refractivity contribution in [2.75, 3.05) is 32.8 Å². The third-order valence-electron chi connectivity index (χ3n) is 3.03. The lowest BCUT2D eigenvalue weighted by Gasteiger charge is -2.13. The van der Waals surface area contributed by atoms with Crippen LogP contribution in [0.4, 0.5) is 5.69 Å². The number of hydrogen-bond donors (Lipinski definition) is 1. The molecule has 0 saturated heterocycles. The summed E-state index contributed by atoms with van der Waals surface area (Å²) in [6.07, 6.45) is 0. The lowest BCUT2D eigenvalue weighted by molar-refractivity contribution is 0.101. The van der Waals surface area contributed by atoms with Crippen LogP contribution >= 0.6 is 0 Å². The van der Waals surface area contributed by atoms with Gasteiger partial charge < -0.3 is 19.5 Å². The van der Waals surface area contributed by atoms with Crippen LogP contribution in [0.2, 0.25) is 0 Å². The van der Waals surface area contributed by atoms with Crippen LogP contribution in [0.3, 0.4) is 0 Å². The fraction of sp³-hybridized carbons (Fsp3) is 0.235. The molecule has 0 saturated carbocycles. The van der Waals surface area contributed by atoms with E-state index >= 15 is 0 Å². The molecule has 1 N–H and O–H groups in total. The molecule has 0 aromatic heterocycles. The molecule has 2 aromatic rings. The van der Waals surface area contributed by atoms with Crippen LogP contribution in [0, 0.1) is 0 Å². The van der Waals surface area contributed by atoms with Crippen molar-refractivity contribution >= 4 is 11.6 Å². The number of amides is 1. The van der Waals surface area contributed by atoms with Crippen LogP contribution in [0.1, 0.15) is 10.4 Å².